The Morgan fingerprint density at radius 1 is 0.727 bits per heavy atom. The molecule has 1 heterocycles. The van der Waals surface area contributed by atoms with Crippen molar-refractivity contribution in [2.75, 3.05) is 11.9 Å². The molecule has 0 atom stereocenters. The zero-order valence-corrected chi connectivity index (χ0v) is 17.8. The SMILES string of the molecule is O=C1C(Nc2cccc3ccccc23)=C(c2ccc(F)cc2)C(=O)N1CCc1ccccc1. The molecule has 0 fully saturated rings. The second kappa shape index (κ2) is 8.71. The quantitative estimate of drug-likeness (QED) is 0.411. The number of fused-ring (bicyclic) bond motifs is 1. The summed E-state index contributed by atoms with van der Waals surface area (Å²) in [5.74, 6) is -1.17. The van der Waals surface area contributed by atoms with E-state index in [1.54, 1.807) is 0 Å². The first-order chi connectivity index (χ1) is 16.1. The highest BCUT2D eigenvalue weighted by atomic mass is 19.1. The van der Waals surface area contributed by atoms with Crippen LogP contribution in [0.1, 0.15) is 11.1 Å². The Morgan fingerprint density at radius 3 is 2.21 bits per heavy atom. The molecule has 4 aromatic rings. The molecule has 1 aliphatic heterocycles. The van der Waals surface area contributed by atoms with Crippen LogP contribution in [0.25, 0.3) is 16.3 Å². The lowest BCUT2D eigenvalue weighted by atomic mass is 10.0. The summed E-state index contributed by atoms with van der Waals surface area (Å²) in [5, 5.41) is 5.19. The van der Waals surface area contributed by atoms with Crippen LogP contribution >= 0.6 is 0 Å². The molecule has 0 saturated heterocycles. The normalized spacial score (nSPS) is 13.8. The topological polar surface area (TPSA) is 49.4 Å². The Morgan fingerprint density at radius 2 is 1.42 bits per heavy atom. The number of nitrogens with zero attached hydrogens (tertiary/aromatic N) is 1. The van der Waals surface area contributed by atoms with E-state index in [1.807, 2.05) is 72.8 Å². The molecule has 0 aromatic heterocycles. The molecule has 1 aliphatic rings. The smallest absolute Gasteiger partial charge is 0.278 e. The fraction of sp³-hybridized carbons (Fsp3) is 0.0714. The third-order valence-electron chi connectivity index (χ3n) is 5.82. The largest absolute Gasteiger partial charge is 0.350 e. The lowest BCUT2D eigenvalue weighted by Gasteiger charge is -2.15. The van der Waals surface area contributed by atoms with Gasteiger partial charge in [0, 0.05) is 17.6 Å². The van der Waals surface area contributed by atoms with Crippen molar-refractivity contribution in [3.05, 3.63) is 120 Å². The number of amides is 2. The van der Waals surface area contributed by atoms with Crippen LogP contribution in [-0.4, -0.2) is 23.3 Å². The lowest BCUT2D eigenvalue weighted by Crippen LogP contribution is -2.34. The number of hydrogen-bond acceptors (Lipinski definition) is 3. The van der Waals surface area contributed by atoms with Crippen molar-refractivity contribution in [1.29, 1.82) is 0 Å². The van der Waals surface area contributed by atoms with Crippen molar-refractivity contribution in [2.45, 2.75) is 6.42 Å². The van der Waals surface area contributed by atoms with Gasteiger partial charge >= 0.3 is 0 Å². The third-order valence-corrected chi connectivity index (χ3v) is 5.82. The van der Waals surface area contributed by atoms with E-state index in [-0.39, 0.29) is 29.6 Å². The van der Waals surface area contributed by atoms with E-state index in [1.165, 1.54) is 29.2 Å². The molecule has 0 unspecified atom stereocenters. The zero-order chi connectivity index (χ0) is 22.8. The van der Waals surface area contributed by atoms with E-state index in [0.29, 0.717) is 12.0 Å². The average Bonchev–Trinajstić information content (AvgIpc) is 3.08. The number of nitrogens with one attached hydrogen (secondary N) is 1. The number of halogens is 1. The van der Waals surface area contributed by atoms with E-state index in [0.717, 1.165) is 22.0 Å². The molecule has 5 heteroatoms. The van der Waals surface area contributed by atoms with Gasteiger partial charge < -0.3 is 5.32 Å². The second-order valence-electron chi connectivity index (χ2n) is 7.91. The van der Waals surface area contributed by atoms with Crippen molar-refractivity contribution < 1.29 is 14.0 Å². The number of hydrogen-bond donors (Lipinski definition) is 1. The Labute approximate surface area is 191 Å². The minimum Gasteiger partial charge on any atom is -0.350 e. The van der Waals surface area contributed by atoms with Gasteiger partial charge in [0.25, 0.3) is 11.8 Å². The summed E-state index contributed by atoms with van der Waals surface area (Å²) in [6, 6.07) is 29.0. The first-order valence-corrected chi connectivity index (χ1v) is 10.8. The van der Waals surface area contributed by atoms with Crippen LogP contribution in [0.2, 0.25) is 0 Å². The molecule has 4 aromatic carbocycles. The Bertz CT molecular complexity index is 1370. The highest BCUT2D eigenvalue weighted by Crippen LogP contribution is 2.33. The minimum atomic E-state index is -0.402. The van der Waals surface area contributed by atoms with Gasteiger partial charge in [0.15, 0.2) is 0 Å². The molecule has 0 saturated carbocycles. The maximum atomic E-state index is 13.6. The molecule has 4 nitrogen and oxygen atoms in total. The Kier molecular flexibility index (Phi) is 5.45. The maximum Gasteiger partial charge on any atom is 0.278 e. The number of rotatable bonds is 6. The first kappa shape index (κ1) is 20.6. The maximum absolute atomic E-state index is 13.6. The number of carbonyl (C=O) groups excluding carboxylic acids is 2. The van der Waals surface area contributed by atoms with Gasteiger partial charge in [0.05, 0.1) is 5.57 Å². The molecule has 1 N–H and O–H groups in total. The number of imide groups is 1. The van der Waals surface area contributed by atoms with Crippen LogP contribution in [0, 0.1) is 5.82 Å². The van der Waals surface area contributed by atoms with Gasteiger partial charge in [-0.1, -0.05) is 78.9 Å². The number of anilines is 1. The molecule has 33 heavy (non-hydrogen) atoms. The Balaban J connectivity index is 1.53. The molecule has 0 bridgehead atoms. The van der Waals surface area contributed by atoms with Gasteiger partial charge in [-0.25, -0.2) is 4.39 Å². The van der Waals surface area contributed by atoms with Gasteiger partial charge in [0.2, 0.25) is 0 Å². The molecule has 0 radical (unpaired) electrons. The minimum absolute atomic E-state index is 0.205. The summed E-state index contributed by atoms with van der Waals surface area (Å²) < 4.78 is 13.6. The molecule has 0 spiro atoms. The molecular formula is C28H21FN2O2. The van der Waals surface area contributed by atoms with Crippen LogP contribution in [0.4, 0.5) is 10.1 Å². The Hall–Kier alpha value is -4.25. The van der Waals surface area contributed by atoms with E-state index >= 15 is 0 Å². The van der Waals surface area contributed by atoms with Gasteiger partial charge in [-0.15, -0.1) is 0 Å². The van der Waals surface area contributed by atoms with Crippen molar-refractivity contribution in [1.82, 2.24) is 4.90 Å². The summed E-state index contributed by atoms with van der Waals surface area (Å²) in [6.45, 7) is 0.257. The van der Waals surface area contributed by atoms with Crippen LogP contribution in [-0.2, 0) is 16.0 Å². The van der Waals surface area contributed by atoms with Gasteiger partial charge in [-0.2, -0.15) is 0 Å². The second-order valence-corrected chi connectivity index (χ2v) is 7.91. The van der Waals surface area contributed by atoms with Gasteiger partial charge in [0.1, 0.15) is 11.5 Å². The molecule has 5 rings (SSSR count). The van der Waals surface area contributed by atoms with E-state index in [2.05, 4.69) is 5.32 Å². The van der Waals surface area contributed by atoms with E-state index in [9.17, 15) is 14.0 Å². The molecular weight excluding hydrogens is 415 g/mol. The summed E-state index contributed by atoms with van der Waals surface area (Å²) in [5.41, 5.74) is 2.72. The van der Waals surface area contributed by atoms with Crippen molar-refractivity contribution >= 4 is 33.8 Å². The van der Waals surface area contributed by atoms with Crippen molar-refractivity contribution in [3.8, 4) is 0 Å². The summed E-state index contributed by atoms with van der Waals surface area (Å²) >= 11 is 0. The standard InChI is InChI=1S/C28H21FN2O2/c29-22-15-13-21(14-16-22)25-26(30-24-12-6-10-20-9-4-5-11-23(20)24)28(33)31(27(25)32)18-17-19-7-2-1-3-8-19/h1-16,30H,17-18H2. The predicted octanol–water partition coefficient (Wildman–Crippen LogP) is 5.41. The number of carbonyl (C=O) groups is 2. The highest BCUT2D eigenvalue weighted by molar-refractivity contribution is 6.36. The summed E-state index contributed by atoms with van der Waals surface area (Å²) in [6.07, 6.45) is 0.552. The fourth-order valence-electron chi connectivity index (χ4n) is 4.13. The summed E-state index contributed by atoms with van der Waals surface area (Å²) in [4.78, 5) is 28.1. The van der Waals surface area contributed by atoms with E-state index < -0.39 is 5.82 Å². The van der Waals surface area contributed by atoms with E-state index in [4.69, 9.17) is 0 Å². The molecule has 162 valence electrons. The average molecular weight is 436 g/mol. The number of benzene rings is 4. The van der Waals surface area contributed by atoms with Crippen LogP contribution in [0.3, 0.4) is 0 Å². The zero-order valence-electron chi connectivity index (χ0n) is 17.8. The van der Waals surface area contributed by atoms with Gasteiger partial charge in [-0.05, 0) is 41.1 Å². The lowest BCUT2D eigenvalue weighted by molar-refractivity contribution is -0.136. The van der Waals surface area contributed by atoms with Crippen LogP contribution in [0.5, 0.6) is 0 Å². The summed E-state index contributed by atoms with van der Waals surface area (Å²) in [7, 11) is 0. The third kappa shape index (κ3) is 4.01. The van der Waals surface area contributed by atoms with Gasteiger partial charge in [-0.3, -0.25) is 14.5 Å². The van der Waals surface area contributed by atoms with Crippen molar-refractivity contribution in [2.24, 2.45) is 0 Å². The fourth-order valence-corrected chi connectivity index (χ4v) is 4.13. The van der Waals surface area contributed by atoms with Crippen LogP contribution in [0.15, 0.2) is 103 Å². The molecule has 2 amide bonds. The van der Waals surface area contributed by atoms with Crippen LogP contribution < -0.4 is 5.32 Å². The molecule has 0 aliphatic carbocycles. The predicted molar refractivity (Wildman–Crippen MR) is 128 cm³/mol. The monoisotopic (exact) mass is 436 g/mol. The van der Waals surface area contributed by atoms with Crippen molar-refractivity contribution in [3.63, 3.8) is 0 Å². The first-order valence-electron chi connectivity index (χ1n) is 10.8. The highest BCUT2D eigenvalue weighted by Gasteiger charge is 2.39.